The van der Waals surface area contributed by atoms with E-state index < -0.39 is 0 Å². The van der Waals surface area contributed by atoms with Gasteiger partial charge in [0.1, 0.15) is 11.6 Å². The van der Waals surface area contributed by atoms with Crippen LogP contribution in [0.2, 0.25) is 0 Å². The molecule has 4 heteroatoms. The summed E-state index contributed by atoms with van der Waals surface area (Å²) < 4.78 is 15.4. The molecule has 0 unspecified atom stereocenters. The van der Waals surface area contributed by atoms with Crippen LogP contribution in [0.4, 0.5) is 4.39 Å². The highest BCUT2D eigenvalue weighted by Gasteiger charge is 2.08. The van der Waals surface area contributed by atoms with Gasteiger partial charge in [-0.3, -0.25) is 0 Å². The van der Waals surface area contributed by atoms with Crippen LogP contribution in [-0.2, 0) is 13.1 Å². The molecule has 0 aliphatic rings. The lowest BCUT2D eigenvalue weighted by Gasteiger charge is -2.12. The van der Waals surface area contributed by atoms with Gasteiger partial charge in [0.25, 0.3) is 0 Å². The lowest BCUT2D eigenvalue weighted by atomic mass is 10.1. The molecule has 0 aliphatic carbocycles. The second kappa shape index (κ2) is 5.31. The summed E-state index contributed by atoms with van der Waals surface area (Å²) >= 11 is 0. The largest absolute Gasteiger partial charge is 0.327 e. The van der Waals surface area contributed by atoms with Crippen LogP contribution in [0, 0.1) is 19.7 Å². The maximum absolute atomic E-state index is 13.3. The first-order chi connectivity index (χ1) is 8.61. The molecule has 18 heavy (non-hydrogen) atoms. The summed E-state index contributed by atoms with van der Waals surface area (Å²) in [6.45, 7) is 5.38. The highest BCUT2D eigenvalue weighted by atomic mass is 19.1. The Hall–Kier alpha value is -1.68. The monoisotopic (exact) mass is 247 g/mol. The van der Waals surface area contributed by atoms with Gasteiger partial charge in [-0.15, -0.1) is 0 Å². The minimum absolute atomic E-state index is 0.191. The van der Waals surface area contributed by atoms with Gasteiger partial charge < -0.3 is 9.88 Å². The molecule has 0 bridgehead atoms. The second-order valence-electron chi connectivity index (χ2n) is 4.48. The summed E-state index contributed by atoms with van der Waals surface area (Å²) in [6, 6.07) is 4.90. The topological polar surface area (TPSA) is 29.9 Å². The molecule has 3 nitrogen and oxygen atoms in total. The molecule has 1 aromatic carbocycles. The first-order valence-electron chi connectivity index (χ1n) is 6.02. The number of hydrogen-bond donors (Lipinski definition) is 1. The fraction of sp³-hybridized carbons (Fsp3) is 0.357. The number of imidazole rings is 1. The average Bonchev–Trinajstić information content (AvgIpc) is 2.67. The first kappa shape index (κ1) is 12.8. The van der Waals surface area contributed by atoms with Gasteiger partial charge >= 0.3 is 0 Å². The molecular weight excluding hydrogens is 229 g/mol. The molecule has 2 aromatic rings. The third-order valence-corrected chi connectivity index (χ3v) is 3.14. The molecule has 2 rings (SSSR count). The highest BCUT2D eigenvalue weighted by molar-refractivity contribution is 5.27. The first-order valence-corrected chi connectivity index (χ1v) is 6.02. The van der Waals surface area contributed by atoms with Crippen molar-refractivity contribution >= 4 is 0 Å². The number of aromatic nitrogens is 2. The Bertz CT molecular complexity index is 546. The van der Waals surface area contributed by atoms with Gasteiger partial charge in [-0.2, -0.15) is 0 Å². The highest BCUT2D eigenvalue weighted by Crippen LogP contribution is 2.15. The van der Waals surface area contributed by atoms with E-state index in [4.69, 9.17) is 0 Å². The van der Waals surface area contributed by atoms with E-state index in [9.17, 15) is 4.39 Å². The average molecular weight is 247 g/mol. The van der Waals surface area contributed by atoms with Gasteiger partial charge in [-0.25, -0.2) is 9.37 Å². The fourth-order valence-electron chi connectivity index (χ4n) is 2.03. The molecule has 1 heterocycles. The van der Waals surface area contributed by atoms with Crippen molar-refractivity contribution in [3.63, 3.8) is 0 Å². The fourth-order valence-corrected chi connectivity index (χ4v) is 2.03. The summed E-state index contributed by atoms with van der Waals surface area (Å²) in [7, 11) is 1.90. The number of nitrogens with one attached hydrogen (secondary N) is 1. The van der Waals surface area contributed by atoms with Crippen LogP contribution in [0.5, 0.6) is 0 Å². The van der Waals surface area contributed by atoms with Crippen LogP contribution in [0.3, 0.4) is 0 Å². The van der Waals surface area contributed by atoms with Crippen molar-refractivity contribution in [1.82, 2.24) is 14.9 Å². The zero-order valence-corrected chi connectivity index (χ0v) is 11.0. The van der Waals surface area contributed by atoms with E-state index in [1.807, 2.05) is 33.2 Å². The van der Waals surface area contributed by atoms with E-state index in [1.54, 1.807) is 6.07 Å². The van der Waals surface area contributed by atoms with E-state index >= 15 is 0 Å². The molecule has 0 aliphatic heterocycles. The molecule has 0 fully saturated rings. The maximum Gasteiger partial charge on any atom is 0.123 e. The van der Waals surface area contributed by atoms with Crippen molar-refractivity contribution in [1.29, 1.82) is 0 Å². The van der Waals surface area contributed by atoms with Crippen LogP contribution in [-0.4, -0.2) is 16.6 Å². The van der Waals surface area contributed by atoms with Crippen molar-refractivity contribution in [2.75, 3.05) is 7.05 Å². The summed E-state index contributed by atoms with van der Waals surface area (Å²) in [6.07, 6.45) is 1.86. The van der Waals surface area contributed by atoms with E-state index in [2.05, 4.69) is 14.9 Å². The number of rotatable bonds is 4. The standard InChI is InChI=1S/C14H18FN3/c1-10-4-5-13(15)6-12(10)9-18-11(2)17-8-14(18)7-16-3/h4-6,8,16H,7,9H2,1-3H3. The Labute approximate surface area is 107 Å². The molecular formula is C14H18FN3. The summed E-state index contributed by atoms with van der Waals surface area (Å²) in [4.78, 5) is 4.31. The third-order valence-electron chi connectivity index (χ3n) is 3.14. The summed E-state index contributed by atoms with van der Waals surface area (Å²) in [5.74, 6) is 0.757. The summed E-state index contributed by atoms with van der Waals surface area (Å²) in [5, 5.41) is 3.11. The van der Waals surface area contributed by atoms with Gasteiger partial charge in [0.05, 0.1) is 5.69 Å². The molecule has 0 amide bonds. The van der Waals surface area contributed by atoms with Gasteiger partial charge in [0.15, 0.2) is 0 Å². The molecule has 0 radical (unpaired) electrons. The SMILES string of the molecule is CNCc1cnc(C)n1Cc1cc(F)ccc1C. The lowest BCUT2D eigenvalue weighted by Crippen LogP contribution is -2.13. The van der Waals surface area contributed by atoms with Crippen LogP contribution < -0.4 is 5.32 Å². The van der Waals surface area contributed by atoms with Gasteiger partial charge in [0, 0.05) is 19.3 Å². The summed E-state index contributed by atoms with van der Waals surface area (Å²) in [5.41, 5.74) is 3.20. The maximum atomic E-state index is 13.3. The van der Waals surface area contributed by atoms with Crippen molar-refractivity contribution in [2.45, 2.75) is 26.9 Å². The van der Waals surface area contributed by atoms with E-state index in [-0.39, 0.29) is 5.82 Å². The molecule has 0 saturated carbocycles. The van der Waals surface area contributed by atoms with E-state index in [1.165, 1.54) is 6.07 Å². The number of benzene rings is 1. The number of nitrogens with zero attached hydrogens (tertiary/aromatic N) is 2. The molecule has 0 spiro atoms. The third kappa shape index (κ3) is 2.59. The molecule has 96 valence electrons. The lowest BCUT2D eigenvalue weighted by molar-refractivity contribution is 0.618. The van der Waals surface area contributed by atoms with E-state index in [0.29, 0.717) is 6.54 Å². The Morgan fingerprint density at radius 2 is 2.11 bits per heavy atom. The number of aryl methyl sites for hydroxylation is 2. The minimum atomic E-state index is -0.191. The Balaban J connectivity index is 2.33. The number of halogens is 1. The van der Waals surface area contributed by atoms with Crippen molar-refractivity contribution in [2.24, 2.45) is 0 Å². The molecule has 1 N–H and O–H groups in total. The Morgan fingerprint density at radius 1 is 1.33 bits per heavy atom. The Kier molecular flexibility index (Phi) is 3.77. The van der Waals surface area contributed by atoms with Crippen LogP contribution in [0.25, 0.3) is 0 Å². The zero-order chi connectivity index (χ0) is 13.1. The molecule has 0 saturated heterocycles. The zero-order valence-electron chi connectivity index (χ0n) is 11.0. The van der Waals surface area contributed by atoms with Gasteiger partial charge in [0.2, 0.25) is 0 Å². The van der Waals surface area contributed by atoms with Crippen LogP contribution >= 0.6 is 0 Å². The smallest absolute Gasteiger partial charge is 0.123 e. The minimum Gasteiger partial charge on any atom is -0.327 e. The predicted molar refractivity (Wildman–Crippen MR) is 70.0 cm³/mol. The van der Waals surface area contributed by atoms with Crippen LogP contribution in [0.1, 0.15) is 22.6 Å². The van der Waals surface area contributed by atoms with Gasteiger partial charge in [-0.1, -0.05) is 6.07 Å². The van der Waals surface area contributed by atoms with Gasteiger partial charge in [-0.05, 0) is 44.2 Å². The van der Waals surface area contributed by atoms with Crippen LogP contribution in [0.15, 0.2) is 24.4 Å². The molecule has 1 aromatic heterocycles. The molecule has 0 atom stereocenters. The quantitative estimate of drug-likeness (QED) is 0.899. The van der Waals surface area contributed by atoms with Crippen molar-refractivity contribution < 1.29 is 4.39 Å². The predicted octanol–water partition coefficient (Wildman–Crippen LogP) is 2.41. The number of hydrogen-bond acceptors (Lipinski definition) is 2. The Morgan fingerprint density at radius 3 is 2.83 bits per heavy atom. The van der Waals surface area contributed by atoms with Crippen molar-refractivity contribution in [3.05, 3.63) is 52.9 Å². The second-order valence-corrected chi connectivity index (χ2v) is 4.48. The normalized spacial score (nSPS) is 10.9. The van der Waals surface area contributed by atoms with E-state index in [0.717, 1.165) is 29.2 Å². The van der Waals surface area contributed by atoms with Crippen molar-refractivity contribution in [3.8, 4) is 0 Å².